The van der Waals surface area contributed by atoms with E-state index in [1.165, 1.54) is 0 Å². The Balaban J connectivity index is 2.85. The first-order valence-corrected chi connectivity index (χ1v) is 5.21. The summed E-state index contributed by atoms with van der Waals surface area (Å²) in [6.45, 7) is 2.12. The van der Waals surface area contributed by atoms with Crippen molar-refractivity contribution in [1.82, 2.24) is 9.78 Å². The molecule has 68 valence electrons. The Morgan fingerprint density at radius 3 is 2.83 bits per heavy atom. The zero-order valence-electron chi connectivity index (χ0n) is 7.22. The van der Waals surface area contributed by atoms with Crippen LogP contribution in [0.15, 0.2) is 10.7 Å². The van der Waals surface area contributed by atoms with E-state index in [1.54, 1.807) is 6.20 Å². The van der Waals surface area contributed by atoms with E-state index < -0.39 is 0 Å². The smallest absolute Gasteiger partial charge is 0.0765 e. The third-order valence-corrected chi connectivity index (χ3v) is 2.81. The highest BCUT2D eigenvalue weighted by molar-refractivity contribution is 9.10. The molecule has 0 aliphatic rings. The van der Waals surface area contributed by atoms with Gasteiger partial charge in [-0.25, -0.2) is 0 Å². The van der Waals surface area contributed by atoms with Crippen LogP contribution in [0.25, 0.3) is 0 Å². The first-order valence-electron chi connectivity index (χ1n) is 3.98. The summed E-state index contributed by atoms with van der Waals surface area (Å²) in [5, 5.41) is 4.17. The van der Waals surface area contributed by atoms with Gasteiger partial charge in [0.2, 0.25) is 0 Å². The highest BCUT2D eigenvalue weighted by Gasteiger charge is 2.14. The first kappa shape index (κ1) is 10.1. The van der Waals surface area contributed by atoms with Gasteiger partial charge in [-0.2, -0.15) is 5.10 Å². The summed E-state index contributed by atoms with van der Waals surface area (Å²) in [5.74, 6) is 0. The normalized spacial score (nSPS) is 13.3. The van der Waals surface area contributed by atoms with E-state index in [4.69, 9.17) is 11.6 Å². The molecule has 2 nitrogen and oxygen atoms in total. The zero-order valence-corrected chi connectivity index (χ0v) is 9.56. The van der Waals surface area contributed by atoms with Crippen molar-refractivity contribution < 1.29 is 0 Å². The van der Waals surface area contributed by atoms with E-state index in [1.807, 2.05) is 11.7 Å². The van der Waals surface area contributed by atoms with Crippen LogP contribution in [0.3, 0.4) is 0 Å². The van der Waals surface area contributed by atoms with Gasteiger partial charge in [-0.05, 0) is 22.4 Å². The molecule has 0 aliphatic carbocycles. The van der Waals surface area contributed by atoms with Gasteiger partial charge in [0.25, 0.3) is 0 Å². The van der Waals surface area contributed by atoms with Crippen molar-refractivity contribution in [2.45, 2.75) is 25.1 Å². The summed E-state index contributed by atoms with van der Waals surface area (Å²) >= 11 is 9.59. The molecule has 0 radical (unpaired) electrons. The van der Waals surface area contributed by atoms with E-state index in [2.05, 4.69) is 28.0 Å². The largest absolute Gasteiger partial charge is 0.270 e. The van der Waals surface area contributed by atoms with Crippen LogP contribution in [0.4, 0.5) is 0 Å². The third-order valence-electron chi connectivity index (χ3n) is 1.78. The molecule has 0 saturated carbocycles. The molecule has 0 aromatic carbocycles. The van der Waals surface area contributed by atoms with Gasteiger partial charge in [0.05, 0.1) is 21.7 Å². The predicted molar refractivity (Wildman–Crippen MR) is 54.4 cm³/mol. The molecule has 1 rings (SSSR count). The molecule has 4 heteroatoms. The average molecular weight is 252 g/mol. The second-order valence-electron chi connectivity index (χ2n) is 2.76. The number of halogens is 2. The van der Waals surface area contributed by atoms with Gasteiger partial charge in [0.1, 0.15) is 0 Å². The molecule has 0 saturated heterocycles. The highest BCUT2D eigenvalue weighted by atomic mass is 79.9. The van der Waals surface area contributed by atoms with Gasteiger partial charge >= 0.3 is 0 Å². The average Bonchev–Trinajstić information content (AvgIpc) is 2.32. The van der Waals surface area contributed by atoms with Crippen molar-refractivity contribution in [2.75, 3.05) is 0 Å². The Morgan fingerprint density at radius 2 is 2.42 bits per heavy atom. The van der Waals surface area contributed by atoms with E-state index in [-0.39, 0.29) is 5.38 Å². The van der Waals surface area contributed by atoms with Crippen LogP contribution in [0.2, 0.25) is 0 Å². The predicted octanol–water partition coefficient (Wildman–Crippen LogP) is 3.26. The van der Waals surface area contributed by atoms with E-state index in [0.29, 0.717) is 0 Å². The van der Waals surface area contributed by atoms with Crippen LogP contribution < -0.4 is 0 Å². The lowest BCUT2D eigenvalue weighted by molar-refractivity contribution is 0.660. The van der Waals surface area contributed by atoms with Gasteiger partial charge in [-0.1, -0.05) is 13.3 Å². The molecule has 1 aromatic rings. The zero-order chi connectivity index (χ0) is 9.14. The van der Waals surface area contributed by atoms with Crippen LogP contribution in [-0.2, 0) is 7.05 Å². The van der Waals surface area contributed by atoms with Crippen LogP contribution in [0, 0.1) is 0 Å². The topological polar surface area (TPSA) is 17.8 Å². The van der Waals surface area contributed by atoms with Crippen molar-refractivity contribution in [3.8, 4) is 0 Å². The molecule has 1 aromatic heterocycles. The van der Waals surface area contributed by atoms with Crippen molar-refractivity contribution >= 4 is 27.5 Å². The summed E-state index contributed by atoms with van der Waals surface area (Å²) in [4.78, 5) is 0. The number of hydrogen-bond donors (Lipinski definition) is 0. The maximum atomic E-state index is 6.17. The second kappa shape index (κ2) is 4.28. The molecular weight excluding hydrogens is 239 g/mol. The van der Waals surface area contributed by atoms with Gasteiger partial charge in [-0.3, -0.25) is 4.68 Å². The SMILES string of the molecule is CCCC(Cl)c1c(Br)cnn1C. The highest BCUT2D eigenvalue weighted by Crippen LogP contribution is 2.30. The maximum Gasteiger partial charge on any atom is 0.0765 e. The molecule has 0 spiro atoms. The van der Waals surface area contributed by atoms with Gasteiger partial charge < -0.3 is 0 Å². The maximum absolute atomic E-state index is 6.17. The molecule has 12 heavy (non-hydrogen) atoms. The minimum Gasteiger partial charge on any atom is -0.270 e. The minimum atomic E-state index is 0.0666. The van der Waals surface area contributed by atoms with Crippen molar-refractivity contribution in [2.24, 2.45) is 7.05 Å². The molecule has 0 aliphatic heterocycles. The van der Waals surface area contributed by atoms with Crippen LogP contribution >= 0.6 is 27.5 Å². The standard InChI is InChI=1S/C8H12BrClN2/c1-3-4-7(10)8-6(9)5-11-12(8)2/h5,7H,3-4H2,1-2H3. The fourth-order valence-corrected chi connectivity index (χ4v) is 2.40. The number of alkyl halides is 1. The van der Waals surface area contributed by atoms with Crippen molar-refractivity contribution in [3.63, 3.8) is 0 Å². The fraction of sp³-hybridized carbons (Fsp3) is 0.625. The van der Waals surface area contributed by atoms with Gasteiger partial charge in [0.15, 0.2) is 0 Å². The van der Waals surface area contributed by atoms with Gasteiger partial charge in [-0.15, -0.1) is 11.6 Å². The summed E-state index contributed by atoms with van der Waals surface area (Å²) in [5.41, 5.74) is 1.07. The molecule has 0 amide bonds. The monoisotopic (exact) mass is 250 g/mol. The lowest BCUT2D eigenvalue weighted by atomic mass is 10.2. The Kier molecular flexibility index (Phi) is 3.59. The summed E-state index contributed by atoms with van der Waals surface area (Å²) in [7, 11) is 1.91. The van der Waals surface area contributed by atoms with E-state index in [0.717, 1.165) is 23.0 Å². The molecule has 1 heterocycles. The Hall–Kier alpha value is -0.0200. The molecule has 1 unspecified atom stereocenters. The van der Waals surface area contributed by atoms with E-state index >= 15 is 0 Å². The van der Waals surface area contributed by atoms with Crippen LogP contribution in [-0.4, -0.2) is 9.78 Å². The number of aryl methyl sites for hydroxylation is 1. The fourth-order valence-electron chi connectivity index (χ4n) is 1.16. The molecule has 0 N–H and O–H groups in total. The van der Waals surface area contributed by atoms with Crippen LogP contribution in [0.1, 0.15) is 30.8 Å². The molecule has 1 atom stereocenters. The molecule has 0 fully saturated rings. The van der Waals surface area contributed by atoms with Crippen molar-refractivity contribution in [1.29, 1.82) is 0 Å². The number of hydrogen-bond acceptors (Lipinski definition) is 1. The Labute approximate surface area is 86.0 Å². The molecule has 0 bridgehead atoms. The Morgan fingerprint density at radius 1 is 1.75 bits per heavy atom. The second-order valence-corrected chi connectivity index (χ2v) is 4.14. The number of rotatable bonds is 3. The Bertz CT molecular complexity index is 240. The lowest BCUT2D eigenvalue weighted by Gasteiger charge is -2.08. The minimum absolute atomic E-state index is 0.0666. The summed E-state index contributed by atoms with van der Waals surface area (Å²) < 4.78 is 2.82. The van der Waals surface area contributed by atoms with Crippen LogP contribution in [0.5, 0.6) is 0 Å². The lowest BCUT2D eigenvalue weighted by Crippen LogP contribution is -2.01. The summed E-state index contributed by atoms with van der Waals surface area (Å²) in [6.07, 6.45) is 3.85. The summed E-state index contributed by atoms with van der Waals surface area (Å²) in [6, 6.07) is 0. The first-order chi connectivity index (χ1) is 5.66. The van der Waals surface area contributed by atoms with E-state index in [9.17, 15) is 0 Å². The number of aromatic nitrogens is 2. The molecular formula is C8H12BrClN2. The number of nitrogens with zero attached hydrogens (tertiary/aromatic N) is 2. The quantitative estimate of drug-likeness (QED) is 0.754. The van der Waals surface area contributed by atoms with Gasteiger partial charge in [0, 0.05) is 7.05 Å². The van der Waals surface area contributed by atoms with Crippen molar-refractivity contribution in [3.05, 3.63) is 16.4 Å². The third kappa shape index (κ3) is 2.02.